The molecule has 2 fully saturated rings. The quantitative estimate of drug-likeness (QED) is 0.857. The number of imidazole rings is 1. The Morgan fingerprint density at radius 3 is 2.73 bits per heavy atom. The summed E-state index contributed by atoms with van der Waals surface area (Å²) < 4.78 is 2.10. The van der Waals surface area contributed by atoms with Crippen LogP contribution in [0.2, 0.25) is 0 Å². The van der Waals surface area contributed by atoms with Gasteiger partial charge in [0.1, 0.15) is 5.82 Å². The molecular formula is C22H29N3O. The highest BCUT2D eigenvalue weighted by molar-refractivity contribution is 5.76. The number of amides is 1. The fourth-order valence-electron chi connectivity index (χ4n) is 5.13. The molecule has 26 heavy (non-hydrogen) atoms. The summed E-state index contributed by atoms with van der Waals surface area (Å²) >= 11 is 0. The fourth-order valence-corrected chi connectivity index (χ4v) is 5.13. The molecule has 4 nitrogen and oxygen atoms in total. The van der Waals surface area contributed by atoms with Crippen molar-refractivity contribution in [2.75, 3.05) is 0 Å². The molecule has 0 unspecified atom stereocenters. The number of nitrogens with one attached hydrogen (secondary N) is 1. The van der Waals surface area contributed by atoms with Crippen LogP contribution < -0.4 is 5.32 Å². The van der Waals surface area contributed by atoms with Gasteiger partial charge < -0.3 is 9.88 Å². The number of hydrogen-bond acceptors (Lipinski definition) is 2. The van der Waals surface area contributed by atoms with E-state index in [1.807, 2.05) is 12.4 Å². The van der Waals surface area contributed by atoms with Gasteiger partial charge in [0.25, 0.3) is 0 Å². The highest BCUT2D eigenvalue weighted by Gasteiger charge is 2.51. The van der Waals surface area contributed by atoms with E-state index in [0.29, 0.717) is 30.8 Å². The zero-order chi connectivity index (χ0) is 17.9. The van der Waals surface area contributed by atoms with E-state index in [2.05, 4.69) is 52.1 Å². The first-order valence-corrected chi connectivity index (χ1v) is 10.1. The lowest BCUT2D eigenvalue weighted by molar-refractivity contribution is -0.125. The lowest BCUT2D eigenvalue weighted by atomic mass is 9.53. The normalized spacial score (nSPS) is 27.4. The lowest BCUT2D eigenvalue weighted by Crippen LogP contribution is -2.59. The summed E-state index contributed by atoms with van der Waals surface area (Å²) in [7, 11) is 0. The molecule has 1 amide bonds. The van der Waals surface area contributed by atoms with Gasteiger partial charge in [-0.1, -0.05) is 50.1 Å². The van der Waals surface area contributed by atoms with Gasteiger partial charge in [-0.25, -0.2) is 4.98 Å². The van der Waals surface area contributed by atoms with Gasteiger partial charge in [0.2, 0.25) is 5.91 Å². The molecule has 1 heterocycles. The van der Waals surface area contributed by atoms with E-state index >= 15 is 0 Å². The van der Waals surface area contributed by atoms with Gasteiger partial charge in [0.05, 0.1) is 0 Å². The maximum atomic E-state index is 12.6. The first kappa shape index (κ1) is 17.3. The molecule has 0 radical (unpaired) electrons. The Labute approximate surface area is 156 Å². The van der Waals surface area contributed by atoms with Crippen LogP contribution in [0.5, 0.6) is 0 Å². The number of rotatable bonds is 6. The summed E-state index contributed by atoms with van der Waals surface area (Å²) in [5.41, 5.74) is 1.39. The number of fused-ring (bicyclic) bond motifs is 1. The topological polar surface area (TPSA) is 46.9 Å². The highest BCUT2D eigenvalue weighted by Crippen LogP contribution is 2.54. The SMILES string of the molecule is CCc1nccn1CCC(=O)N[C@H]1[C@H]2CCCC[C@@H]2[C@@H]1c1ccccc1. The Morgan fingerprint density at radius 2 is 1.96 bits per heavy atom. The number of carbonyl (C=O) groups is 1. The van der Waals surface area contributed by atoms with E-state index in [0.717, 1.165) is 18.2 Å². The number of nitrogens with zero attached hydrogens (tertiary/aromatic N) is 2. The third-order valence-corrected chi connectivity index (χ3v) is 6.39. The average Bonchev–Trinajstić information content (AvgIpc) is 3.13. The van der Waals surface area contributed by atoms with Crippen LogP contribution in [0.3, 0.4) is 0 Å². The summed E-state index contributed by atoms with van der Waals surface area (Å²) in [6, 6.07) is 11.1. The zero-order valence-electron chi connectivity index (χ0n) is 15.6. The van der Waals surface area contributed by atoms with Crippen molar-refractivity contribution in [2.24, 2.45) is 11.8 Å². The molecule has 2 aromatic rings. The van der Waals surface area contributed by atoms with Gasteiger partial charge in [-0.3, -0.25) is 4.79 Å². The van der Waals surface area contributed by atoms with Crippen molar-refractivity contribution in [1.82, 2.24) is 14.9 Å². The van der Waals surface area contributed by atoms with Crippen LogP contribution in [-0.4, -0.2) is 21.5 Å². The minimum absolute atomic E-state index is 0.177. The van der Waals surface area contributed by atoms with Gasteiger partial charge in [0.15, 0.2) is 0 Å². The van der Waals surface area contributed by atoms with Crippen molar-refractivity contribution in [2.45, 2.75) is 64.0 Å². The third-order valence-electron chi connectivity index (χ3n) is 6.39. The molecule has 2 aliphatic carbocycles. The van der Waals surface area contributed by atoms with Gasteiger partial charge in [-0.2, -0.15) is 0 Å². The number of aryl methyl sites for hydroxylation is 2. The predicted molar refractivity (Wildman–Crippen MR) is 103 cm³/mol. The molecule has 1 aromatic heterocycles. The molecule has 1 aromatic carbocycles. The Bertz CT molecular complexity index is 739. The number of aromatic nitrogens is 2. The van der Waals surface area contributed by atoms with Crippen LogP contribution in [0.15, 0.2) is 42.7 Å². The summed E-state index contributed by atoms with van der Waals surface area (Å²) in [4.78, 5) is 17.0. The maximum Gasteiger partial charge on any atom is 0.222 e. The van der Waals surface area contributed by atoms with Crippen molar-refractivity contribution < 1.29 is 4.79 Å². The van der Waals surface area contributed by atoms with Crippen molar-refractivity contribution in [3.05, 3.63) is 54.1 Å². The fraction of sp³-hybridized carbons (Fsp3) is 0.545. The zero-order valence-corrected chi connectivity index (χ0v) is 15.6. The largest absolute Gasteiger partial charge is 0.352 e. The molecule has 4 atom stereocenters. The van der Waals surface area contributed by atoms with E-state index in [4.69, 9.17) is 0 Å². The molecule has 0 saturated heterocycles. The third kappa shape index (κ3) is 3.29. The summed E-state index contributed by atoms with van der Waals surface area (Å²) in [5, 5.41) is 3.39. The van der Waals surface area contributed by atoms with Crippen molar-refractivity contribution in [1.29, 1.82) is 0 Å². The molecule has 138 valence electrons. The van der Waals surface area contributed by atoms with Gasteiger partial charge in [0, 0.05) is 43.7 Å². The lowest BCUT2D eigenvalue weighted by Gasteiger charge is -2.55. The van der Waals surface area contributed by atoms with Crippen molar-refractivity contribution in [3.63, 3.8) is 0 Å². The van der Waals surface area contributed by atoms with E-state index in [1.54, 1.807) is 0 Å². The Morgan fingerprint density at radius 1 is 1.19 bits per heavy atom. The van der Waals surface area contributed by atoms with Crippen LogP contribution in [0, 0.1) is 11.8 Å². The predicted octanol–water partition coefficient (Wildman–Crippen LogP) is 3.92. The minimum Gasteiger partial charge on any atom is -0.352 e. The van der Waals surface area contributed by atoms with Crippen molar-refractivity contribution >= 4 is 5.91 Å². The number of hydrogen-bond donors (Lipinski definition) is 1. The average molecular weight is 351 g/mol. The Kier molecular flexibility index (Phi) is 5.09. The van der Waals surface area contributed by atoms with Gasteiger partial charge in [-0.05, 0) is 30.2 Å². The molecule has 4 heteroatoms. The summed E-state index contributed by atoms with van der Waals surface area (Å²) in [6.45, 7) is 2.81. The van der Waals surface area contributed by atoms with E-state index in [9.17, 15) is 4.79 Å². The molecule has 2 aliphatic rings. The van der Waals surface area contributed by atoms with Gasteiger partial charge >= 0.3 is 0 Å². The van der Waals surface area contributed by atoms with Gasteiger partial charge in [-0.15, -0.1) is 0 Å². The van der Waals surface area contributed by atoms with E-state index in [-0.39, 0.29) is 5.91 Å². The standard InChI is InChI=1S/C22H29N3O/c1-2-19-23-13-15-25(19)14-12-20(26)24-22-18-11-7-6-10-17(18)21(22)16-8-4-3-5-9-16/h3-5,8-9,13,15,17-18,21-22H,2,6-7,10-12,14H2,1H3,(H,24,26)/t17-,18-,21-,22-/m0/s1. The second kappa shape index (κ2) is 7.65. The molecule has 0 spiro atoms. The Balaban J connectivity index is 1.41. The van der Waals surface area contributed by atoms with Crippen LogP contribution in [0.4, 0.5) is 0 Å². The van der Waals surface area contributed by atoms with Crippen LogP contribution in [-0.2, 0) is 17.8 Å². The van der Waals surface area contributed by atoms with E-state index in [1.165, 1.54) is 31.2 Å². The molecule has 1 N–H and O–H groups in total. The molecule has 4 rings (SSSR count). The molecule has 0 bridgehead atoms. The summed E-state index contributed by atoms with van der Waals surface area (Å²) in [5.74, 6) is 3.13. The number of carbonyl (C=O) groups excluding carboxylic acids is 1. The van der Waals surface area contributed by atoms with Crippen LogP contribution in [0.1, 0.15) is 56.3 Å². The molecule has 0 aliphatic heterocycles. The Hall–Kier alpha value is -2.10. The molecule has 2 saturated carbocycles. The maximum absolute atomic E-state index is 12.6. The monoisotopic (exact) mass is 351 g/mol. The highest BCUT2D eigenvalue weighted by atomic mass is 16.1. The summed E-state index contributed by atoms with van der Waals surface area (Å²) in [6.07, 6.45) is 10.4. The first-order chi connectivity index (χ1) is 12.8. The molecular weight excluding hydrogens is 322 g/mol. The second-order valence-corrected chi connectivity index (χ2v) is 7.78. The smallest absolute Gasteiger partial charge is 0.222 e. The van der Waals surface area contributed by atoms with Crippen LogP contribution >= 0.6 is 0 Å². The van der Waals surface area contributed by atoms with E-state index < -0.39 is 0 Å². The number of benzene rings is 1. The van der Waals surface area contributed by atoms with Crippen molar-refractivity contribution in [3.8, 4) is 0 Å². The minimum atomic E-state index is 0.177. The second-order valence-electron chi connectivity index (χ2n) is 7.78. The van der Waals surface area contributed by atoms with Crippen LogP contribution in [0.25, 0.3) is 0 Å². The first-order valence-electron chi connectivity index (χ1n) is 10.1.